The summed E-state index contributed by atoms with van der Waals surface area (Å²) in [5, 5.41) is 7.12. The van der Waals surface area contributed by atoms with Crippen LogP contribution >= 0.6 is 0 Å². The van der Waals surface area contributed by atoms with Crippen molar-refractivity contribution < 1.29 is 27.8 Å². The summed E-state index contributed by atoms with van der Waals surface area (Å²) in [6, 6.07) is 9.68. The number of methoxy groups -OCH3 is 1. The number of benzene rings is 1. The van der Waals surface area contributed by atoms with Gasteiger partial charge in [-0.1, -0.05) is 18.2 Å². The van der Waals surface area contributed by atoms with Crippen molar-refractivity contribution in [3.8, 4) is 5.75 Å². The molecular weight excluding hydrogens is 213 g/mol. The highest BCUT2D eigenvalue weighted by Gasteiger charge is 2.38. The van der Waals surface area contributed by atoms with E-state index in [4.69, 9.17) is 14.6 Å². The Bertz CT molecular complexity index is 295. The molecule has 0 bridgehead atoms. The zero-order valence-corrected chi connectivity index (χ0v) is 7.78. The van der Waals surface area contributed by atoms with Crippen molar-refractivity contribution in [3.05, 3.63) is 30.3 Å². The van der Waals surface area contributed by atoms with Crippen LogP contribution in [0.3, 0.4) is 0 Å². The number of alkyl halides is 3. The number of ether oxygens (including phenoxy) is 1. The Labute approximate surface area is 84.1 Å². The second-order valence-electron chi connectivity index (χ2n) is 2.32. The minimum Gasteiger partial charge on any atom is -0.497 e. The number of para-hydroxylation sites is 1. The summed E-state index contributed by atoms with van der Waals surface area (Å²) < 4.78 is 36.7. The first kappa shape index (κ1) is 13.3. The van der Waals surface area contributed by atoms with Gasteiger partial charge in [-0.25, -0.2) is 4.79 Å². The maximum absolute atomic E-state index is 10.6. The SMILES string of the molecule is COc1ccccc1.O=C(O)C(F)(F)F. The van der Waals surface area contributed by atoms with Crippen LogP contribution in [-0.4, -0.2) is 24.4 Å². The van der Waals surface area contributed by atoms with Gasteiger partial charge in [-0.05, 0) is 12.1 Å². The van der Waals surface area contributed by atoms with Crippen molar-refractivity contribution >= 4 is 5.97 Å². The molecule has 1 aromatic carbocycles. The van der Waals surface area contributed by atoms with Crippen LogP contribution in [0.15, 0.2) is 30.3 Å². The lowest BCUT2D eigenvalue weighted by atomic mass is 10.3. The van der Waals surface area contributed by atoms with E-state index >= 15 is 0 Å². The molecule has 0 aliphatic heterocycles. The van der Waals surface area contributed by atoms with Crippen molar-refractivity contribution in [2.45, 2.75) is 6.18 Å². The van der Waals surface area contributed by atoms with Crippen LogP contribution < -0.4 is 4.74 Å². The number of halogens is 3. The van der Waals surface area contributed by atoms with Crippen molar-refractivity contribution in [1.82, 2.24) is 0 Å². The van der Waals surface area contributed by atoms with Crippen LogP contribution in [0.5, 0.6) is 5.75 Å². The van der Waals surface area contributed by atoms with Gasteiger partial charge in [0.2, 0.25) is 0 Å². The molecule has 1 aromatic rings. The number of carbonyl (C=O) groups is 1. The second kappa shape index (κ2) is 5.90. The Kier molecular flexibility index (Phi) is 5.22. The molecule has 0 amide bonds. The van der Waals surface area contributed by atoms with E-state index in [0.717, 1.165) is 5.75 Å². The molecule has 0 radical (unpaired) electrons. The van der Waals surface area contributed by atoms with Gasteiger partial charge in [0, 0.05) is 0 Å². The predicted octanol–water partition coefficient (Wildman–Crippen LogP) is 2.33. The molecule has 1 N–H and O–H groups in total. The third-order valence-electron chi connectivity index (χ3n) is 1.22. The summed E-state index contributed by atoms with van der Waals surface area (Å²) in [5.74, 6) is -1.85. The molecule has 0 aromatic heterocycles. The standard InChI is InChI=1S/C7H8O.C2HF3O2/c1-8-7-5-3-2-4-6-7;3-2(4,5)1(6)7/h2-6H,1H3;(H,6,7). The van der Waals surface area contributed by atoms with Gasteiger partial charge in [-0.3, -0.25) is 0 Å². The molecule has 0 unspecified atom stereocenters. The summed E-state index contributed by atoms with van der Waals surface area (Å²) in [6.45, 7) is 0. The van der Waals surface area contributed by atoms with E-state index < -0.39 is 12.1 Å². The van der Waals surface area contributed by atoms with E-state index in [-0.39, 0.29) is 0 Å². The van der Waals surface area contributed by atoms with E-state index in [0.29, 0.717) is 0 Å². The van der Waals surface area contributed by atoms with Crippen molar-refractivity contribution in [2.75, 3.05) is 7.11 Å². The molecule has 6 heteroatoms. The van der Waals surface area contributed by atoms with Crippen LogP contribution in [0.2, 0.25) is 0 Å². The monoisotopic (exact) mass is 222 g/mol. The Morgan fingerprint density at radius 3 is 1.87 bits per heavy atom. The Morgan fingerprint density at radius 2 is 1.67 bits per heavy atom. The molecule has 0 heterocycles. The van der Waals surface area contributed by atoms with Crippen LogP contribution in [0.1, 0.15) is 0 Å². The fourth-order valence-corrected chi connectivity index (χ4v) is 0.557. The van der Waals surface area contributed by atoms with Gasteiger partial charge in [0.1, 0.15) is 5.75 Å². The topological polar surface area (TPSA) is 46.5 Å². The molecule has 1 rings (SSSR count). The summed E-state index contributed by atoms with van der Waals surface area (Å²) >= 11 is 0. The van der Waals surface area contributed by atoms with Crippen molar-refractivity contribution in [1.29, 1.82) is 0 Å². The first-order valence-electron chi connectivity index (χ1n) is 3.77. The minimum absolute atomic E-state index is 0.910. The van der Waals surface area contributed by atoms with Crippen LogP contribution in [-0.2, 0) is 4.79 Å². The summed E-state index contributed by atoms with van der Waals surface area (Å²) in [6.07, 6.45) is -5.08. The highest BCUT2D eigenvalue weighted by molar-refractivity contribution is 5.73. The number of carboxylic acid groups (broad SMARTS) is 1. The molecule has 0 saturated heterocycles. The Morgan fingerprint density at radius 1 is 1.27 bits per heavy atom. The summed E-state index contributed by atoms with van der Waals surface area (Å²) in [7, 11) is 1.66. The fourth-order valence-electron chi connectivity index (χ4n) is 0.557. The maximum atomic E-state index is 10.6. The van der Waals surface area contributed by atoms with Gasteiger partial charge in [0.05, 0.1) is 7.11 Å². The first-order valence-corrected chi connectivity index (χ1v) is 3.77. The van der Waals surface area contributed by atoms with Gasteiger partial charge in [-0.15, -0.1) is 0 Å². The van der Waals surface area contributed by atoms with Crippen LogP contribution in [0, 0.1) is 0 Å². The van der Waals surface area contributed by atoms with Gasteiger partial charge < -0.3 is 9.84 Å². The number of hydrogen-bond donors (Lipinski definition) is 1. The molecule has 84 valence electrons. The number of hydrogen-bond acceptors (Lipinski definition) is 2. The smallest absolute Gasteiger partial charge is 0.490 e. The average Bonchev–Trinajstić information content (AvgIpc) is 2.18. The Balaban J connectivity index is 0.000000265. The largest absolute Gasteiger partial charge is 0.497 e. The summed E-state index contributed by atoms with van der Waals surface area (Å²) in [5.41, 5.74) is 0. The molecule has 0 saturated carbocycles. The first-order chi connectivity index (χ1) is 6.88. The number of aliphatic carboxylic acids is 1. The molecule has 0 atom stereocenters. The van der Waals surface area contributed by atoms with Gasteiger partial charge in [0.15, 0.2) is 0 Å². The molecule has 3 nitrogen and oxygen atoms in total. The van der Waals surface area contributed by atoms with Crippen molar-refractivity contribution in [3.63, 3.8) is 0 Å². The van der Waals surface area contributed by atoms with Gasteiger partial charge in [0.25, 0.3) is 0 Å². The van der Waals surface area contributed by atoms with E-state index in [1.807, 2.05) is 30.3 Å². The third-order valence-corrected chi connectivity index (χ3v) is 1.22. The van der Waals surface area contributed by atoms with Gasteiger partial charge in [-0.2, -0.15) is 13.2 Å². The van der Waals surface area contributed by atoms with Gasteiger partial charge >= 0.3 is 12.1 Å². The lowest BCUT2D eigenvalue weighted by Gasteiger charge is -1.93. The predicted molar refractivity (Wildman–Crippen MR) is 46.7 cm³/mol. The van der Waals surface area contributed by atoms with E-state index in [1.54, 1.807) is 7.11 Å². The quantitative estimate of drug-likeness (QED) is 0.793. The number of carboxylic acids is 1. The van der Waals surface area contributed by atoms with Crippen LogP contribution in [0.4, 0.5) is 13.2 Å². The van der Waals surface area contributed by atoms with E-state index in [1.165, 1.54) is 0 Å². The third kappa shape index (κ3) is 6.36. The maximum Gasteiger partial charge on any atom is 0.490 e. The van der Waals surface area contributed by atoms with E-state index in [2.05, 4.69) is 0 Å². The van der Waals surface area contributed by atoms with Crippen molar-refractivity contribution in [2.24, 2.45) is 0 Å². The molecule has 15 heavy (non-hydrogen) atoms. The zero-order chi connectivity index (χ0) is 11.9. The Hall–Kier alpha value is -1.72. The highest BCUT2D eigenvalue weighted by atomic mass is 19.4. The average molecular weight is 222 g/mol. The molecule has 0 aliphatic carbocycles. The molecule has 0 spiro atoms. The van der Waals surface area contributed by atoms with E-state index in [9.17, 15) is 13.2 Å². The molecular formula is C9H9F3O3. The molecule has 0 aliphatic rings. The summed E-state index contributed by atoms with van der Waals surface area (Å²) in [4.78, 5) is 8.90. The lowest BCUT2D eigenvalue weighted by molar-refractivity contribution is -0.192. The fraction of sp³-hybridized carbons (Fsp3) is 0.222. The zero-order valence-electron chi connectivity index (χ0n) is 7.78. The highest BCUT2D eigenvalue weighted by Crippen LogP contribution is 2.13. The number of rotatable bonds is 1. The normalized spacial score (nSPS) is 9.87. The molecule has 0 fully saturated rings. The lowest BCUT2D eigenvalue weighted by Crippen LogP contribution is -2.21. The van der Waals surface area contributed by atoms with Crippen LogP contribution in [0.25, 0.3) is 0 Å². The minimum atomic E-state index is -5.08. The second-order valence-corrected chi connectivity index (χ2v) is 2.32.